The van der Waals surface area contributed by atoms with Crippen LogP contribution in [0.4, 0.5) is 0 Å². The summed E-state index contributed by atoms with van der Waals surface area (Å²) in [5, 5.41) is 10.9. The molecule has 37 heavy (non-hydrogen) atoms. The molecule has 0 saturated carbocycles. The van der Waals surface area contributed by atoms with Gasteiger partial charge in [-0.05, 0) is 41.0 Å². The summed E-state index contributed by atoms with van der Waals surface area (Å²) in [6, 6.07) is 21.3. The summed E-state index contributed by atoms with van der Waals surface area (Å²) >= 11 is 0. The Balaban J connectivity index is 1.70. The van der Waals surface area contributed by atoms with Crippen molar-refractivity contribution in [3.8, 4) is 17.2 Å². The summed E-state index contributed by atoms with van der Waals surface area (Å²) in [5.74, 6) is 0.648. The van der Waals surface area contributed by atoms with Gasteiger partial charge in [0, 0.05) is 30.6 Å². The number of hydrogen-bond donors (Lipinski definition) is 1. The first-order valence-corrected chi connectivity index (χ1v) is 11.9. The third-order valence-electron chi connectivity index (χ3n) is 6.56. The molecule has 2 heterocycles. The Morgan fingerprint density at radius 1 is 0.946 bits per heavy atom. The molecule has 5 rings (SSSR count). The average Bonchev–Trinajstić information content (AvgIpc) is 2.91. The second-order valence-corrected chi connectivity index (χ2v) is 8.90. The van der Waals surface area contributed by atoms with Crippen molar-refractivity contribution in [2.75, 3.05) is 27.9 Å². The molecule has 7 heteroatoms. The van der Waals surface area contributed by atoms with Crippen LogP contribution in [-0.4, -0.2) is 48.8 Å². The number of aromatic carboxylic acids is 1. The van der Waals surface area contributed by atoms with E-state index in [1.54, 1.807) is 21.3 Å². The van der Waals surface area contributed by atoms with E-state index in [0.29, 0.717) is 64.6 Å². The maximum atomic E-state index is 12.5. The smallest absolute Gasteiger partial charge is 0.336 e. The monoisotopic (exact) mass is 496 g/mol. The Kier molecular flexibility index (Phi) is 6.79. The van der Waals surface area contributed by atoms with Gasteiger partial charge < -0.3 is 19.3 Å². The van der Waals surface area contributed by atoms with Crippen molar-refractivity contribution in [1.29, 1.82) is 0 Å². The van der Waals surface area contributed by atoms with E-state index >= 15 is 0 Å². The number of carboxylic acids is 1. The third kappa shape index (κ3) is 4.73. The number of nitrogens with zero attached hydrogens (tertiary/aromatic N) is 2. The Morgan fingerprint density at radius 3 is 2.27 bits per heavy atom. The number of carbonyl (C=O) groups is 1. The molecule has 1 N–H and O–H groups in total. The Labute approximate surface area is 215 Å². The lowest BCUT2D eigenvalue weighted by Crippen LogP contribution is -2.31. The van der Waals surface area contributed by atoms with Crippen LogP contribution in [0.3, 0.4) is 0 Å². The molecule has 0 spiro atoms. The zero-order chi connectivity index (χ0) is 25.9. The van der Waals surface area contributed by atoms with Gasteiger partial charge in [0.05, 0.1) is 38.1 Å². The van der Waals surface area contributed by atoms with Gasteiger partial charge in [-0.1, -0.05) is 48.5 Å². The predicted molar refractivity (Wildman–Crippen MR) is 143 cm³/mol. The molecule has 0 bridgehead atoms. The number of fused-ring (bicyclic) bond motifs is 2. The quantitative estimate of drug-likeness (QED) is 0.361. The van der Waals surface area contributed by atoms with Crippen molar-refractivity contribution in [3.63, 3.8) is 0 Å². The van der Waals surface area contributed by atoms with Crippen molar-refractivity contribution < 1.29 is 24.1 Å². The highest BCUT2D eigenvalue weighted by molar-refractivity contribution is 6.06. The zero-order valence-corrected chi connectivity index (χ0v) is 21.0. The van der Waals surface area contributed by atoms with Crippen molar-refractivity contribution in [3.05, 3.63) is 94.7 Å². The Morgan fingerprint density at radius 2 is 1.62 bits per heavy atom. The maximum absolute atomic E-state index is 12.5. The summed E-state index contributed by atoms with van der Waals surface area (Å²) in [7, 11) is 4.73. The lowest BCUT2D eigenvalue weighted by molar-refractivity contribution is 0.0696. The number of benzene rings is 3. The van der Waals surface area contributed by atoms with Gasteiger partial charge in [0.25, 0.3) is 0 Å². The fraction of sp³-hybridized carbons (Fsp3) is 0.200. The molecular weight excluding hydrogens is 468 g/mol. The molecule has 7 nitrogen and oxygen atoms in total. The van der Waals surface area contributed by atoms with E-state index in [0.717, 1.165) is 16.7 Å². The van der Waals surface area contributed by atoms with Crippen LogP contribution >= 0.6 is 0 Å². The van der Waals surface area contributed by atoms with Gasteiger partial charge in [-0.3, -0.25) is 4.90 Å². The number of rotatable bonds is 7. The largest absolute Gasteiger partial charge is 0.493 e. The SMILES string of the molecule is COc1cc(/C=C2/CN(Cc3ccccc3)Cc3c2nc2ccccc2c3C(=O)O)cc(OC)c1OC. The molecule has 4 aromatic rings. The molecule has 1 aliphatic rings. The van der Waals surface area contributed by atoms with E-state index in [4.69, 9.17) is 19.2 Å². The highest BCUT2D eigenvalue weighted by atomic mass is 16.5. The minimum absolute atomic E-state index is 0.300. The van der Waals surface area contributed by atoms with Crippen molar-refractivity contribution in [2.45, 2.75) is 13.1 Å². The van der Waals surface area contributed by atoms with Crippen molar-refractivity contribution >= 4 is 28.5 Å². The van der Waals surface area contributed by atoms with Crippen LogP contribution in [-0.2, 0) is 13.1 Å². The van der Waals surface area contributed by atoms with Crippen LogP contribution in [0.15, 0.2) is 66.7 Å². The van der Waals surface area contributed by atoms with Crippen LogP contribution in [0, 0.1) is 0 Å². The predicted octanol–water partition coefficient (Wildman–Crippen LogP) is 5.52. The van der Waals surface area contributed by atoms with E-state index in [2.05, 4.69) is 17.0 Å². The van der Waals surface area contributed by atoms with Gasteiger partial charge in [-0.15, -0.1) is 0 Å². The molecule has 1 aliphatic heterocycles. The summed E-state index contributed by atoms with van der Waals surface area (Å²) < 4.78 is 16.6. The third-order valence-corrected chi connectivity index (χ3v) is 6.56. The van der Waals surface area contributed by atoms with E-state index in [1.165, 1.54) is 0 Å². The molecule has 0 radical (unpaired) electrons. The van der Waals surface area contributed by atoms with Gasteiger partial charge in [0.2, 0.25) is 5.75 Å². The minimum Gasteiger partial charge on any atom is -0.493 e. The average molecular weight is 497 g/mol. The number of carboxylic acid groups (broad SMARTS) is 1. The normalized spacial score (nSPS) is 14.4. The number of aromatic nitrogens is 1. The molecule has 0 fully saturated rings. The van der Waals surface area contributed by atoms with E-state index in [9.17, 15) is 9.90 Å². The lowest BCUT2D eigenvalue weighted by atomic mass is 9.91. The fourth-order valence-corrected chi connectivity index (χ4v) is 4.96. The van der Waals surface area contributed by atoms with Crippen LogP contribution in [0.2, 0.25) is 0 Å². The summed E-state index contributed by atoms with van der Waals surface area (Å²) in [6.07, 6.45) is 2.02. The number of para-hydroxylation sites is 1. The number of hydrogen-bond acceptors (Lipinski definition) is 6. The van der Waals surface area contributed by atoms with Gasteiger partial charge in [0.1, 0.15) is 0 Å². The number of ether oxygens (including phenoxy) is 3. The van der Waals surface area contributed by atoms with Crippen LogP contribution in [0.5, 0.6) is 17.2 Å². The van der Waals surface area contributed by atoms with Crippen LogP contribution in [0.1, 0.15) is 32.7 Å². The van der Waals surface area contributed by atoms with E-state index in [-0.39, 0.29) is 0 Å². The molecule has 1 aromatic heterocycles. The summed E-state index contributed by atoms with van der Waals surface area (Å²) in [6.45, 7) is 1.76. The molecule has 0 amide bonds. The maximum Gasteiger partial charge on any atom is 0.336 e. The fourth-order valence-electron chi connectivity index (χ4n) is 4.96. The molecular formula is C30H28N2O5. The Bertz CT molecular complexity index is 1470. The van der Waals surface area contributed by atoms with Crippen molar-refractivity contribution in [1.82, 2.24) is 9.88 Å². The van der Waals surface area contributed by atoms with Gasteiger partial charge >= 0.3 is 5.97 Å². The van der Waals surface area contributed by atoms with Crippen molar-refractivity contribution in [2.24, 2.45) is 0 Å². The first-order valence-electron chi connectivity index (χ1n) is 11.9. The molecule has 188 valence electrons. The molecule has 0 saturated heterocycles. The van der Waals surface area contributed by atoms with E-state index in [1.807, 2.05) is 60.7 Å². The number of methoxy groups -OCH3 is 3. The van der Waals surface area contributed by atoms with Crippen LogP contribution < -0.4 is 14.2 Å². The van der Waals surface area contributed by atoms with Gasteiger partial charge in [0.15, 0.2) is 11.5 Å². The first-order chi connectivity index (χ1) is 18.0. The molecule has 0 atom stereocenters. The van der Waals surface area contributed by atoms with E-state index < -0.39 is 5.97 Å². The molecule has 3 aromatic carbocycles. The van der Waals surface area contributed by atoms with Gasteiger partial charge in [-0.2, -0.15) is 0 Å². The zero-order valence-electron chi connectivity index (χ0n) is 21.0. The highest BCUT2D eigenvalue weighted by Crippen LogP contribution is 2.40. The topological polar surface area (TPSA) is 81.1 Å². The Hall–Kier alpha value is -4.36. The summed E-state index contributed by atoms with van der Waals surface area (Å²) in [5.41, 5.74) is 5.29. The molecule has 0 aliphatic carbocycles. The second kappa shape index (κ2) is 10.3. The van der Waals surface area contributed by atoms with Crippen LogP contribution in [0.25, 0.3) is 22.6 Å². The van der Waals surface area contributed by atoms with Gasteiger partial charge in [-0.25, -0.2) is 9.78 Å². The molecule has 0 unspecified atom stereocenters. The standard InChI is InChI=1S/C30H28N2O5/c1-35-25-14-20(15-26(36-2)29(25)37-3)13-21-17-32(16-19-9-5-4-6-10-19)18-23-27(30(33)34)22-11-7-8-12-24(22)31-28(21)23/h4-15H,16-18H2,1-3H3,(H,33,34)/b21-13-. The highest BCUT2D eigenvalue weighted by Gasteiger charge is 2.29. The number of pyridine rings is 1. The first kappa shape index (κ1) is 24.3. The minimum atomic E-state index is -0.955. The lowest BCUT2D eigenvalue weighted by Gasteiger charge is -2.31. The summed E-state index contributed by atoms with van der Waals surface area (Å²) in [4.78, 5) is 19.7. The second-order valence-electron chi connectivity index (χ2n) is 8.90.